The summed E-state index contributed by atoms with van der Waals surface area (Å²) in [5.74, 6) is 0.0156. The van der Waals surface area contributed by atoms with Crippen LogP contribution in [0.1, 0.15) is 17.3 Å². The Hall–Kier alpha value is -1.90. The molecule has 2 aromatic rings. The second-order valence-corrected chi connectivity index (χ2v) is 3.20. The Bertz CT molecular complexity index is 506. The number of rotatable bonds is 1. The summed E-state index contributed by atoms with van der Waals surface area (Å²) in [5.41, 5.74) is 7.73. The Labute approximate surface area is 81.6 Å². The summed E-state index contributed by atoms with van der Waals surface area (Å²) < 4.78 is 0. The fraction of sp³-hybridized carbons (Fsp3) is 0.0909. The fourth-order valence-corrected chi connectivity index (χ4v) is 1.38. The first kappa shape index (κ1) is 8.69. The van der Waals surface area contributed by atoms with E-state index in [1.54, 1.807) is 18.3 Å². The van der Waals surface area contributed by atoms with Crippen molar-refractivity contribution in [2.75, 3.05) is 5.73 Å². The van der Waals surface area contributed by atoms with Gasteiger partial charge in [-0.3, -0.25) is 9.78 Å². The Balaban J connectivity index is 2.73. The van der Waals surface area contributed by atoms with Crippen molar-refractivity contribution >= 4 is 22.4 Å². The molecule has 0 aliphatic heterocycles. The highest BCUT2D eigenvalue weighted by Gasteiger charge is 2.03. The summed E-state index contributed by atoms with van der Waals surface area (Å²) in [4.78, 5) is 15.3. The molecular weight excluding hydrogens is 176 g/mol. The van der Waals surface area contributed by atoms with Crippen LogP contribution in [0, 0.1) is 0 Å². The zero-order valence-corrected chi connectivity index (χ0v) is 7.82. The van der Waals surface area contributed by atoms with Crippen LogP contribution in [0.25, 0.3) is 10.9 Å². The normalized spacial score (nSPS) is 10.4. The van der Waals surface area contributed by atoms with Crippen LogP contribution >= 0.6 is 0 Å². The minimum atomic E-state index is 0.0156. The van der Waals surface area contributed by atoms with Crippen LogP contribution in [0.15, 0.2) is 30.5 Å². The third-order valence-electron chi connectivity index (χ3n) is 2.15. The smallest absolute Gasteiger partial charge is 0.161 e. The average molecular weight is 186 g/mol. The number of para-hydroxylation sites is 1. The number of pyridine rings is 1. The molecule has 0 unspecified atom stereocenters. The Kier molecular flexibility index (Phi) is 1.93. The van der Waals surface area contributed by atoms with E-state index in [0.29, 0.717) is 11.3 Å². The summed E-state index contributed by atoms with van der Waals surface area (Å²) >= 11 is 0. The SMILES string of the molecule is CC(=O)c1cnc2c(N)cccc2c1. The van der Waals surface area contributed by atoms with Crippen molar-refractivity contribution < 1.29 is 4.79 Å². The van der Waals surface area contributed by atoms with Gasteiger partial charge in [-0.25, -0.2) is 0 Å². The maximum absolute atomic E-state index is 11.1. The van der Waals surface area contributed by atoms with Crippen LogP contribution in [0.3, 0.4) is 0 Å². The lowest BCUT2D eigenvalue weighted by Gasteiger charge is -2.01. The minimum Gasteiger partial charge on any atom is -0.397 e. The molecule has 14 heavy (non-hydrogen) atoms. The molecule has 1 heterocycles. The summed E-state index contributed by atoms with van der Waals surface area (Å²) in [7, 11) is 0. The molecule has 3 heteroatoms. The third-order valence-corrected chi connectivity index (χ3v) is 2.15. The van der Waals surface area contributed by atoms with Crippen LogP contribution in [0.4, 0.5) is 5.69 Å². The molecule has 0 bridgehead atoms. The van der Waals surface area contributed by atoms with Crippen molar-refractivity contribution in [2.24, 2.45) is 0 Å². The van der Waals surface area contributed by atoms with Crippen molar-refractivity contribution in [1.29, 1.82) is 0 Å². The lowest BCUT2D eigenvalue weighted by molar-refractivity contribution is 0.101. The monoisotopic (exact) mass is 186 g/mol. The Morgan fingerprint density at radius 2 is 2.21 bits per heavy atom. The molecule has 1 aromatic heterocycles. The Morgan fingerprint density at radius 1 is 1.43 bits per heavy atom. The van der Waals surface area contributed by atoms with Gasteiger partial charge in [0.2, 0.25) is 0 Å². The van der Waals surface area contributed by atoms with Gasteiger partial charge >= 0.3 is 0 Å². The molecule has 0 saturated heterocycles. The number of nitrogens with two attached hydrogens (primary N) is 1. The molecule has 0 saturated carbocycles. The molecule has 3 nitrogen and oxygen atoms in total. The third kappa shape index (κ3) is 1.33. The largest absolute Gasteiger partial charge is 0.397 e. The van der Waals surface area contributed by atoms with Gasteiger partial charge in [0.05, 0.1) is 11.2 Å². The molecule has 0 aliphatic carbocycles. The van der Waals surface area contributed by atoms with Crippen molar-refractivity contribution in [1.82, 2.24) is 4.98 Å². The first-order valence-corrected chi connectivity index (χ1v) is 4.33. The highest BCUT2D eigenvalue weighted by Crippen LogP contribution is 2.19. The second kappa shape index (κ2) is 3.10. The molecule has 2 rings (SSSR count). The molecule has 0 radical (unpaired) electrons. The van der Waals surface area contributed by atoms with Crippen LogP contribution in [-0.4, -0.2) is 10.8 Å². The molecule has 0 spiro atoms. The first-order valence-electron chi connectivity index (χ1n) is 4.33. The van der Waals surface area contributed by atoms with Crippen molar-refractivity contribution in [3.05, 3.63) is 36.0 Å². The van der Waals surface area contributed by atoms with Gasteiger partial charge in [0.25, 0.3) is 0 Å². The van der Waals surface area contributed by atoms with Crippen molar-refractivity contribution in [3.8, 4) is 0 Å². The van der Waals surface area contributed by atoms with E-state index in [1.807, 2.05) is 12.1 Å². The van der Waals surface area contributed by atoms with Gasteiger partial charge in [-0.1, -0.05) is 12.1 Å². The first-order chi connectivity index (χ1) is 6.68. The van der Waals surface area contributed by atoms with E-state index in [4.69, 9.17) is 5.73 Å². The van der Waals surface area contributed by atoms with Crippen molar-refractivity contribution in [3.63, 3.8) is 0 Å². The summed E-state index contributed by atoms with van der Waals surface area (Å²) in [6.45, 7) is 1.52. The highest BCUT2D eigenvalue weighted by molar-refractivity contribution is 5.99. The number of nitrogen functional groups attached to an aromatic ring is 1. The fourth-order valence-electron chi connectivity index (χ4n) is 1.38. The van der Waals surface area contributed by atoms with Crippen LogP contribution in [-0.2, 0) is 0 Å². The number of Topliss-reactive ketones (excluding diaryl/α,β-unsaturated/α-hetero) is 1. The van der Waals surface area contributed by atoms with E-state index >= 15 is 0 Å². The lowest BCUT2D eigenvalue weighted by atomic mass is 10.1. The maximum Gasteiger partial charge on any atom is 0.161 e. The van der Waals surface area contributed by atoms with E-state index in [-0.39, 0.29) is 5.78 Å². The molecule has 70 valence electrons. The molecule has 0 amide bonds. The molecule has 0 aliphatic rings. The number of fused-ring (bicyclic) bond motifs is 1. The van der Waals surface area contributed by atoms with E-state index in [2.05, 4.69) is 4.98 Å². The van der Waals surface area contributed by atoms with Crippen LogP contribution < -0.4 is 5.73 Å². The topological polar surface area (TPSA) is 56.0 Å². The zero-order chi connectivity index (χ0) is 10.1. The number of aromatic nitrogens is 1. The van der Waals surface area contributed by atoms with Gasteiger partial charge in [-0.2, -0.15) is 0 Å². The van der Waals surface area contributed by atoms with Crippen LogP contribution in [0.5, 0.6) is 0 Å². The quantitative estimate of drug-likeness (QED) is 0.547. The molecule has 1 aromatic carbocycles. The predicted molar refractivity (Wildman–Crippen MR) is 56.2 cm³/mol. The minimum absolute atomic E-state index is 0.0156. The maximum atomic E-state index is 11.1. The average Bonchev–Trinajstić information content (AvgIpc) is 2.17. The second-order valence-electron chi connectivity index (χ2n) is 3.20. The van der Waals surface area contributed by atoms with Crippen LogP contribution in [0.2, 0.25) is 0 Å². The zero-order valence-electron chi connectivity index (χ0n) is 7.82. The number of benzene rings is 1. The molecular formula is C11H10N2O. The van der Waals surface area contributed by atoms with Crippen molar-refractivity contribution in [2.45, 2.75) is 6.92 Å². The van der Waals surface area contributed by atoms with Gasteiger partial charge < -0.3 is 5.73 Å². The molecule has 0 atom stereocenters. The van der Waals surface area contributed by atoms with E-state index in [9.17, 15) is 4.79 Å². The number of hydrogen-bond donors (Lipinski definition) is 1. The van der Waals surface area contributed by atoms with Gasteiger partial charge in [-0.05, 0) is 19.1 Å². The highest BCUT2D eigenvalue weighted by atomic mass is 16.1. The summed E-state index contributed by atoms with van der Waals surface area (Å²) in [6, 6.07) is 7.35. The van der Waals surface area contributed by atoms with E-state index in [1.165, 1.54) is 6.92 Å². The number of carbonyl (C=O) groups excluding carboxylic acids is 1. The van der Waals surface area contributed by atoms with Gasteiger partial charge in [-0.15, -0.1) is 0 Å². The number of nitrogens with zero attached hydrogens (tertiary/aromatic N) is 1. The summed E-state index contributed by atoms with van der Waals surface area (Å²) in [6.07, 6.45) is 1.56. The van der Waals surface area contributed by atoms with Gasteiger partial charge in [0, 0.05) is 17.1 Å². The van der Waals surface area contributed by atoms with Gasteiger partial charge in [0.15, 0.2) is 5.78 Å². The number of ketones is 1. The van der Waals surface area contributed by atoms with Gasteiger partial charge in [0.1, 0.15) is 0 Å². The number of carbonyl (C=O) groups is 1. The van der Waals surface area contributed by atoms with E-state index in [0.717, 1.165) is 10.9 Å². The Morgan fingerprint density at radius 3 is 2.93 bits per heavy atom. The standard InChI is InChI=1S/C11H10N2O/c1-7(14)9-5-8-3-2-4-10(12)11(8)13-6-9/h2-6H,12H2,1H3. The lowest BCUT2D eigenvalue weighted by Crippen LogP contribution is -1.95. The molecule has 0 fully saturated rings. The predicted octanol–water partition coefficient (Wildman–Crippen LogP) is 2.02. The number of hydrogen-bond acceptors (Lipinski definition) is 3. The summed E-state index contributed by atoms with van der Waals surface area (Å²) in [5, 5.41) is 0.901. The molecule has 2 N–H and O–H groups in total. The number of anilines is 1. The van der Waals surface area contributed by atoms with E-state index < -0.39 is 0 Å².